The molecular weight excluding hydrogens is 216 g/mol. The van der Waals surface area contributed by atoms with Crippen LogP contribution in [0.3, 0.4) is 0 Å². The van der Waals surface area contributed by atoms with Crippen LogP contribution in [0.25, 0.3) is 11.1 Å². The highest BCUT2D eigenvalue weighted by Crippen LogP contribution is 2.28. The molecule has 0 aliphatic rings. The van der Waals surface area contributed by atoms with Gasteiger partial charge in [-0.15, -0.1) is 11.8 Å². The summed E-state index contributed by atoms with van der Waals surface area (Å²) in [4.78, 5) is 1.25. The van der Waals surface area contributed by atoms with Gasteiger partial charge in [0.15, 0.2) is 0 Å². The van der Waals surface area contributed by atoms with Gasteiger partial charge in [-0.25, -0.2) is 0 Å². The molecule has 0 aromatic heterocycles. The van der Waals surface area contributed by atoms with Crippen molar-refractivity contribution in [2.24, 2.45) is 0 Å². The van der Waals surface area contributed by atoms with E-state index in [2.05, 4.69) is 30.5 Å². The Bertz CT molecular complexity index is 492. The fourth-order valence-electron chi connectivity index (χ4n) is 1.61. The largest absolute Gasteiger partial charge is 0.399 e. The van der Waals surface area contributed by atoms with E-state index in [-0.39, 0.29) is 0 Å². The van der Waals surface area contributed by atoms with Crippen molar-refractivity contribution in [3.8, 4) is 11.1 Å². The molecule has 0 atom stereocenters. The minimum Gasteiger partial charge on any atom is -0.399 e. The topological polar surface area (TPSA) is 52.0 Å². The van der Waals surface area contributed by atoms with Crippen molar-refractivity contribution >= 4 is 23.1 Å². The Morgan fingerprint density at radius 1 is 0.938 bits per heavy atom. The van der Waals surface area contributed by atoms with Gasteiger partial charge in [-0.1, -0.05) is 18.2 Å². The average Bonchev–Trinajstić information content (AvgIpc) is 2.29. The molecule has 3 heteroatoms. The highest BCUT2D eigenvalue weighted by molar-refractivity contribution is 7.98. The first kappa shape index (κ1) is 10.9. The van der Waals surface area contributed by atoms with E-state index in [1.165, 1.54) is 4.90 Å². The van der Waals surface area contributed by atoms with Crippen molar-refractivity contribution in [1.29, 1.82) is 0 Å². The van der Waals surface area contributed by atoms with Crippen molar-refractivity contribution < 1.29 is 0 Å². The fourth-order valence-corrected chi connectivity index (χ4v) is 2.02. The van der Waals surface area contributed by atoms with E-state index in [9.17, 15) is 0 Å². The number of hydrogen-bond acceptors (Lipinski definition) is 3. The van der Waals surface area contributed by atoms with E-state index in [4.69, 9.17) is 11.5 Å². The third-order valence-electron chi connectivity index (χ3n) is 2.48. The summed E-state index contributed by atoms with van der Waals surface area (Å²) in [6.07, 6.45) is 2.06. The second-order valence-corrected chi connectivity index (χ2v) is 4.45. The zero-order chi connectivity index (χ0) is 11.5. The SMILES string of the molecule is CSc1ccc(-c2ccc(N)cc2N)cc1. The minimum atomic E-state index is 0.696. The van der Waals surface area contributed by atoms with E-state index >= 15 is 0 Å². The molecule has 2 nitrogen and oxygen atoms in total. The predicted octanol–water partition coefficient (Wildman–Crippen LogP) is 3.24. The summed E-state index contributed by atoms with van der Waals surface area (Å²) in [5.41, 5.74) is 15.2. The van der Waals surface area contributed by atoms with Gasteiger partial charge in [0.05, 0.1) is 0 Å². The zero-order valence-corrected chi connectivity index (χ0v) is 9.92. The molecule has 0 saturated heterocycles. The predicted molar refractivity (Wildman–Crippen MR) is 72.5 cm³/mol. The molecule has 4 N–H and O–H groups in total. The molecule has 82 valence electrons. The molecule has 0 heterocycles. The van der Waals surface area contributed by atoms with Gasteiger partial charge in [-0.05, 0) is 36.1 Å². The third kappa shape index (κ3) is 2.14. The normalized spacial score (nSPS) is 10.3. The smallest absolute Gasteiger partial charge is 0.0414 e. The molecular formula is C13H14N2S. The van der Waals surface area contributed by atoms with Crippen LogP contribution in [-0.2, 0) is 0 Å². The Hall–Kier alpha value is -1.61. The molecule has 0 saturated carbocycles. The first-order valence-electron chi connectivity index (χ1n) is 5.00. The lowest BCUT2D eigenvalue weighted by molar-refractivity contribution is 1.46. The van der Waals surface area contributed by atoms with Crippen LogP contribution in [0.4, 0.5) is 11.4 Å². The molecule has 0 amide bonds. The third-order valence-corrected chi connectivity index (χ3v) is 3.22. The monoisotopic (exact) mass is 230 g/mol. The number of nitrogen functional groups attached to an aromatic ring is 2. The van der Waals surface area contributed by atoms with Crippen molar-refractivity contribution in [2.45, 2.75) is 4.90 Å². The standard InChI is InChI=1S/C13H14N2S/c1-16-11-5-2-9(3-6-11)12-7-4-10(14)8-13(12)15/h2-8H,14-15H2,1H3. The molecule has 0 radical (unpaired) electrons. The molecule has 16 heavy (non-hydrogen) atoms. The molecule has 0 fully saturated rings. The Morgan fingerprint density at radius 3 is 2.19 bits per heavy atom. The molecule has 2 aromatic rings. The summed E-state index contributed by atoms with van der Waals surface area (Å²) in [6, 6.07) is 14.0. The van der Waals surface area contributed by atoms with E-state index in [1.807, 2.05) is 12.1 Å². The second-order valence-electron chi connectivity index (χ2n) is 3.58. The van der Waals surface area contributed by atoms with Crippen LogP contribution in [0, 0.1) is 0 Å². The molecule has 0 aliphatic heterocycles. The lowest BCUT2D eigenvalue weighted by atomic mass is 10.0. The molecule has 0 unspecified atom stereocenters. The Kier molecular flexibility index (Phi) is 3.06. The quantitative estimate of drug-likeness (QED) is 0.615. The van der Waals surface area contributed by atoms with Gasteiger partial charge >= 0.3 is 0 Å². The lowest BCUT2D eigenvalue weighted by Gasteiger charge is -2.07. The summed E-state index contributed by atoms with van der Waals surface area (Å²) < 4.78 is 0. The Balaban J connectivity index is 2.42. The molecule has 0 aliphatic carbocycles. The first-order valence-corrected chi connectivity index (χ1v) is 6.22. The van der Waals surface area contributed by atoms with Gasteiger partial charge in [0.25, 0.3) is 0 Å². The van der Waals surface area contributed by atoms with Crippen LogP contribution in [-0.4, -0.2) is 6.26 Å². The number of hydrogen-bond donors (Lipinski definition) is 2. The maximum absolute atomic E-state index is 5.94. The van der Waals surface area contributed by atoms with Crippen molar-refractivity contribution in [1.82, 2.24) is 0 Å². The van der Waals surface area contributed by atoms with E-state index < -0.39 is 0 Å². The van der Waals surface area contributed by atoms with Crippen LogP contribution in [0.2, 0.25) is 0 Å². The van der Waals surface area contributed by atoms with Crippen LogP contribution in [0.15, 0.2) is 47.4 Å². The number of anilines is 2. The Labute approximate surface area is 99.7 Å². The number of thioether (sulfide) groups is 1. The van der Waals surface area contributed by atoms with Crippen molar-refractivity contribution in [3.05, 3.63) is 42.5 Å². The van der Waals surface area contributed by atoms with Crippen molar-refractivity contribution in [2.75, 3.05) is 17.7 Å². The maximum Gasteiger partial charge on any atom is 0.0414 e. The summed E-state index contributed by atoms with van der Waals surface area (Å²) in [6.45, 7) is 0. The van der Waals surface area contributed by atoms with Crippen LogP contribution < -0.4 is 11.5 Å². The lowest BCUT2D eigenvalue weighted by Crippen LogP contribution is -1.92. The maximum atomic E-state index is 5.94. The van der Waals surface area contributed by atoms with Gasteiger partial charge in [0, 0.05) is 21.8 Å². The summed E-state index contributed by atoms with van der Waals surface area (Å²) in [5, 5.41) is 0. The van der Waals surface area contributed by atoms with Crippen LogP contribution >= 0.6 is 11.8 Å². The van der Waals surface area contributed by atoms with Crippen LogP contribution in [0.1, 0.15) is 0 Å². The van der Waals surface area contributed by atoms with Crippen molar-refractivity contribution in [3.63, 3.8) is 0 Å². The van der Waals surface area contributed by atoms with Gasteiger partial charge in [0.2, 0.25) is 0 Å². The summed E-state index contributed by atoms with van der Waals surface area (Å²) in [7, 11) is 0. The number of rotatable bonds is 2. The second kappa shape index (κ2) is 4.49. The highest BCUT2D eigenvalue weighted by atomic mass is 32.2. The highest BCUT2D eigenvalue weighted by Gasteiger charge is 2.02. The Morgan fingerprint density at radius 2 is 1.62 bits per heavy atom. The molecule has 0 bridgehead atoms. The molecule has 2 aromatic carbocycles. The van der Waals surface area contributed by atoms with Gasteiger partial charge in [-0.2, -0.15) is 0 Å². The minimum absolute atomic E-state index is 0.696. The summed E-state index contributed by atoms with van der Waals surface area (Å²) >= 11 is 1.73. The van der Waals surface area contributed by atoms with E-state index in [1.54, 1.807) is 17.8 Å². The molecule has 2 rings (SSSR count). The first-order chi connectivity index (χ1) is 7.70. The number of nitrogens with two attached hydrogens (primary N) is 2. The zero-order valence-electron chi connectivity index (χ0n) is 9.10. The van der Waals surface area contributed by atoms with E-state index in [0.29, 0.717) is 5.69 Å². The molecule has 0 spiro atoms. The van der Waals surface area contributed by atoms with Gasteiger partial charge in [0.1, 0.15) is 0 Å². The van der Waals surface area contributed by atoms with Gasteiger partial charge < -0.3 is 11.5 Å². The van der Waals surface area contributed by atoms with Crippen LogP contribution in [0.5, 0.6) is 0 Å². The summed E-state index contributed by atoms with van der Waals surface area (Å²) in [5.74, 6) is 0. The fraction of sp³-hybridized carbons (Fsp3) is 0.0769. The van der Waals surface area contributed by atoms with Gasteiger partial charge in [-0.3, -0.25) is 0 Å². The average molecular weight is 230 g/mol. The number of benzene rings is 2. The van der Waals surface area contributed by atoms with E-state index in [0.717, 1.165) is 16.8 Å².